The molecule has 0 bridgehead atoms. The molecule has 1 heterocycles. The summed E-state index contributed by atoms with van der Waals surface area (Å²) < 4.78 is 10.4. The molecule has 9 nitrogen and oxygen atoms in total. The molecule has 0 aliphatic heterocycles. The monoisotopic (exact) mass is 395 g/mol. The summed E-state index contributed by atoms with van der Waals surface area (Å²) in [5.74, 6) is 0.388. The highest BCUT2D eigenvalue weighted by atomic mass is 16.5. The molecule has 0 atom stereocenters. The minimum Gasteiger partial charge on any atom is -0.508 e. The zero-order chi connectivity index (χ0) is 20.8. The van der Waals surface area contributed by atoms with Crippen LogP contribution in [-0.4, -0.2) is 34.8 Å². The topological polar surface area (TPSA) is 132 Å². The molecule has 1 aromatic heterocycles. The number of nitrogens with one attached hydrogen (secondary N) is 2. The second kappa shape index (κ2) is 8.79. The third kappa shape index (κ3) is 4.64. The number of nitrogens with zero attached hydrogens (tertiary/aromatic N) is 2. The van der Waals surface area contributed by atoms with E-state index < -0.39 is 5.97 Å². The van der Waals surface area contributed by atoms with Gasteiger partial charge in [0, 0.05) is 5.69 Å². The number of methoxy groups -OCH3 is 1. The Kier molecular flexibility index (Phi) is 5.98. The third-order valence-electron chi connectivity index (χ3n) is 3.90. The number of anilines is 5. The molecule has 3 aromatic rings. The minimum absolute atomic E-state index is 0.0469. The summed E-state index contributed by atoms with van der Waals surface area (Å²) in [6.07, 6.45) is 0. The van der Waals surface area contributed by atoms with Crippen molar-refractivity contribution in [3.63, 3.8) is 0 Å². The van der Waals surface area contributed by atoms with Crippen LogP contribution in [0.5, 0.6) is 11.5 Å². The van der Waals surface area contributed by atoms with Crippen LogP contribution in [0.1, 0.15) is 17.4 Å². The smallest absolute Gasteiger partial charge is 0.359 e. The Bertz CT molecular complexity index is 1010. The number of phenols is 1. The van der Waals surface area contributed by atoms with Crippen LogP contribution >= 0.6 is 0 Å². The molecule has 29 heavy (non-hydrogen) atoms. The Morgan fingerprint density at radius 2 is 1.83 bits per heavy atom. The number of ether oxygens (including phenoxy) is 2. The number of carbonyl (C=O) groups excluding carboxylic acids is 1. The summed E-state index contributed by atoms with van der Waals surface area (Å²) in [5.41, 5.74) is 7.36. The molecule has 150 valence electrons. The Hall–Kier alpha value is -4.01. The van der Waals surface area contributed by atoms with Crippen LogP contribution in [0.4, 0.5) is 28.8 Å². The number of rotatable bonds is 7. The van der Waals surface area contributed by atoms with Gasteiger partial charge in [0.1, 0.15) is 17.2 Å². The first kappa shape index (κ1) is 19.7. The first-order chi connectivity index (χ1) is 14.0. The average molecular weight is 395 g/mol. The van der Waals surface area contributed by atoms with Crippen molar-refractivity contribution in [2.24, 2.45) is 0 Å². The molecule has 0 fully saturated rings. The Morgan fingerprint density at radius 3 is 2.52 bits per heavy atom. The molecule has 5 N–H and O–H groups in total. The molecule has 0 aliphatic carbocycles. The van der Waals surface area contributed by atoms with Gasteiger partial charge in [0.25, 0.3) is 0 Å². The van der Waals surface area contributed by atoms with Crippen LogP contribution in [-0.2, 0) is 4.74 Å². The summed E-state index contributed by atoms with van der Waals surface area (Å²) in [6.45, 7) is 1.87. The average Bonchev–Trinajstić information content (AvgIpc) is 2.72. The second-order valence-electron chi connectivity index (χ2n) is 5.88. The lowest BCUT2D eigenvalue weighted by Crippen LogP contribution is -2.15. The molecule has 0 unspecified atom stereocenters. The summed E-state index contributed by atoms with van der Waals surface area (Å²) in [4.78, 5) is 20.9. The van der Waals surface area contributed by atoms with Gasteiger partial charge in [-0.15, -0.1) is 0 Å². The summed E-state index contributed by atoms with van der Waals surface area (Å²) in [6, 6.07) is 13.5. The van der Waals surface area contributed by atoms with E-state index in [2.05, 4.69) is 20.6 Å². The lowest BCUT2D eigenvalue weighted by atomic mass is 10.2. The van der Waals surface area contributed by atoms with E-state index in [9.17, 15) is 9.90 Å². The number of phenolic OH excluding ortho intramolecular Hbond substituents is 1. The van der Waals surface area contributed by atoms with E-state index in [1.165, 1.54) is 12.1 Å². The number of hydrogen-bond donors (Lipinski definition) is 4. The number of carbonyl (C=O) groups is 1. The van der Waals surface area contributed by atoms with E-state index in [4.69, 9.17) is 15.2 Å². The zero-order valence-corrected chi connectivity index (χ0v) is 16.0. The van der Waals surface area contributed by atoms with Crippen LogP contribution in [0.15, 0.2) is 48.5 Å². The van der Waals surface area contributed by atoms with Gasteiger partial charge in [-0.25, -0.2) is 9.78 Å². The highest BCUT2D eigenvalue weighted by molar-refractivity contribution is 5.96. The van der Waals surface area contributed by atoms with E-state index >= 15 is 0 Å². The van der Waals surface area contributed by atoms with Gasteiger partial charge in [0.2, 0.25) is 5.95 Å². The van der Waals surface area contributed by atoms with Crippen LogP contribution in [0.3, 0.4) is 0 Å². The minimum atomic E-state index is -0.663. The molecule has 0 radical (unpaired) electrons. The van der Waals surface area contributed by atoms with E-state index in [-0.39, 0.29) is 35.5 Å². The van der Waals surface area contributed by atoms with Gasteiger partial charge in [-0.3, -0.25) is 0 Å². The third-order valence-corrected chi connectivity index (χ3v) is 3.90. The van der Waals surface area contributed by atoms with Crippen molar-refractivity contribution in [1.82, 2.24) is 9.97 Å². The van der Waals surface area contributed by atoms with Gasteiger partial charge in [-0.1, -0.05) is 12.1 Å². The van der Waals surface area contributed by atoms with Crippen molar-refractivity contribution in [2.45, 2.75) is 6.92 Å². The quantitative estimate of drug-likeness (QED) is 0.351. The van der Waals surface area contributed by atoms with Crippen molar-refractivity contribution >= 4 is 34.8 Å². The Balaban J connectivity index is 2.02. The number of nitrogens with two attached hydrogens (primary N) is 1. The second-order valence-corrected chi connectivity index (χ2v) is 5.88. The maximum absolute atomic E-state index is 12.3. The SMILES string of the molecule is CCOC(=O)c1nc(Nc2ccc(O)cc2)nc(Nc2ccccc2OC)c1N. The Labute approximate surface area is 167 Å². The Morgan fingerprint density at radius 1 is 1.10 bits per heavy atom. The number of hydrogen-bond acceptors (Lipinski definition) is 9. The van der Waals surface area contributed by atoms with Gasteiger partial charge in [0.05, 0.1) is 19.4 Å². The van der Waals surface area contributed by atoms with Gasteiger partial charge < -0.3 is 30.9 Å². The summed E-state index contributed by atoms with van der Waals surface area (Å²) in [5, 5.41) is 15.5. The highest BCUT2D eigenvalue weighted by Gasteiger charge is 2.20. The summed E-state index contributed by atoms with van der Waals surface area (Å²) in [7, 11) is 1.55. The predicted octanol–water partition coefficient (Wildman–Crippen LogP) is 3.44. The van der Waals surface area contributed by atoms with E-state index in [1.807, 2.05) is 12.1 Å². The maximum atomic E-state index is 12.3. The van der Waals surface area contributed by atoms with Crippen LogP contribution in [0, 0.1) is 0 Å². The fraction of sp³-hybridized carbons (Fsp3) is 0.150. The number of esters is 1. The molecule has 9 heteroatoms. The first-order valence-corrected chi connectivity index (χ1v) is 8.82. The molecule has 0 aliphatic rings. The number of nitrogen functional groups attached to an aromatic ring is 1. The fourth-order valence-corrected chi connectivity index (χ4v) is 2.52. The molecule has 2 aromatic carbocycles. The number of aromatic nitrogens is 2. The molecular formula is C20H21N5O4. The number of benzene rings is 2. The van der Waals surface area contributed by atoms with Crippen molar-refractivity contribution in [3.05, 3.63) is 54.2 Å². The van der Waals surface area contributed by atoms with Crippen LogP contribution in [0.25, 0.3) is 0 Å². The van der Waals surface area contributed by atoms with Crippen molar-refractivity contribution in [1.29, 1.82) is 0 Å². The van der Waals surface area contributed by atoms with Gasteiger partial charge in [0.15, 0.2) is 11.5 Å². The standard InChI is InChI=1S/C20H21N5O4/c1-3-29-19(27)17-16(21)18(23-14-6-4-5-7-15(14)28-2)25-20(24-17)22-12-8-10-13(26)11-9-12/h4-11,26H,3,21H2,1-2H3,(H2,22,23,24,25). The zero-order valence-electron chi connectivity index (χ0n) is 16.0. The molecule has 0 amide bonds. The van der Waals surface area contributed by atoms with Crippen molar-refractivity contribution in [2.75, 3.05) is 30.1 Å². The molecule has 0 saturated heterocycles. The molecule has 3 rings (SSSR count). The predicted molar refractivity (Wildman–Crippen MR) is 110 cm³/mol. The lowest BCUT2D eigenvalue weighted by Gasteiger charge is -2.15. The largest absolute Gasteiger partial charge is 0.508 e. The van der Waals surface area contributed by atoms with Crippen molar-refractivity contribution in [3.8, 4) is 11.5 Å². The van der Waals surface area contributed by atoms with E-state index in [0.717, 1.165) is 0 Å². The first-order valence-electron chi connectivity index (χ1n) is 8.82. The van der Waals surface area contributed by atoms with Gasteiger partial charge in [-0.05, 0) is 43.3 Å². The fourth-order valence-electron chi connectivity index (χ4n) is 2.52. The lowest BCUT2D eigenvalue weighted by molar-refractivity contribution is 0.0521. The molecule has 0 saturated carbocycles. The van der Waals surface area contributed by atoms with Crippen LogP contribution < -0.4 is 21.1 Å². The maximum Gasteiger partial charge on any atom is 0.359 e. The van der Waals surface area contributed by atoms with E-state index in [0.29, 0.717) is 17.1 Å². The van der Waals surface area contributed by atoms with Crippen LogP contribution in [0.2, 0.25) is 0 Å². The number of aromatic hydroxyl groups is 1. The van der Waals surface area contributed by atoms with Crippen molar-refractivity contribution < 1.29 is 19.4 Å². The summed E-state index contributed by atoms with van der Waals surface area (Å²) >= 11 is 0. The normalized spacial score (nSPS) is 10.3. The van der Waals surface area contributed by atoms with Gasteiger partial charge in [-0.2, -0.15) is 4.98 Å². The highest BCUT2D eigenvalue weighted by Crippen LogP contribution is 2.31. The van der Waals surface area contributed by atoms with E-state index in [1.54, 1.807) is 38.3 Å². The van der Waals surface area contributed by atoms with Gasteiger partial charge >= 0.3 is 5.97 Å². The molecular weight excluding hydrogens is 374 g/mol. The number of para-hydroxylation sites is 2. The molecule has 0 spiro atoms.